The van der Waals surface area contributed by atoms with Crippen LogP contribution >= 0.6 is 11.3 Å². The van der Waals surface area contributed by atoms with Crippen molar-refractivity contribution in [1.82, 2.24) is 9.88 Å². The highest BCUT2D eigenvalue weighted by Gasteiger charge is 2.51. The van der Waals surface area contributed by atoms with Crippen LogP contribution in [-0.4, -0.2) is 52.9 Å². The number of esters is 1. The van der Waals surface area contributed by atoms with Gasteiger partial charge in [0.25, 0.3) is 11.8 Å². The Hall–Kier alpha value is -3.26. The number of fused-ring (bicyclic) bond motifs is 1. The van der Waals surface area contributed by atoms with Gasteiger partial charge in [0.05, 0.1) is 24.1 Å². The highest BCUT2D eigenvalue weighted by atomic mass is 32.1. The summed E-state index contributed by atoms with van der Waals surface area (Å²) in [5.41, 5.74) is 1.17. The molecule has 8 heteroatoms. The van der Waals surface area contributed by atoms with Crippen LogP contribution in [0, 0.1) is 6.92 Å². The SMILES string of the molecule is CCOC(=O)CCCN(C(=O)C1(C)CCN1C(=O)c1csc2ccccc12)c1ccc(C)nc1. The topological polar surface area (TPSA) is 79.8 Å². The number of benzene rings is 1. The molecule has 178 valence electrons. The van der Waals surface area contributed by atoms with E-state index < -0.39 is 5.54 Å². The molecule has 1 saturated heterocycles. The van der Waals surface area contributed by atoms with E-state index in [0.29, 0.717) is 43.8 Å². The lowest BCUT2D eigenvalue weighted by Crippen LogP contribution is -2.68. The second-order valence-electron chi connectivity index (χ2n) is 8.65. The van der Waals surface area contributed by atoms with Crippen molar-refractivity contribution in [1.29, 1.82) is 0 Å². The molecule has 0 N–H and O–H groups in total. The fourth-order valence-electron chi connectivity index (χ4n) is 4.27. The monoisotopic (exact) mass is 479 g/mol. The molecule has 1 aliphatic rings. The number of pyridine rings is 1. The Morgan fingerprint density at radius 1 is 1.21 bits per heavy atom. The Bertz CT molecular complexity index is 1210. The summed E-state index contributed by atoms with van der Waals surface area (Å²) >= 11 is 1.53. The zero-order valence-electron chi connectivity index (χ0n) is 19.7. The van der Waals surface area contributed by atoms with Gasteiger partial charge in [0.1, 0.15) is 5.54 Å². The number of hydrogen-bond acceptors (Lipinski definition) is 6. The minimum absolute atomic E-state index is 0.131. The van der Waals surface area contributed by atoms with E-state index in [0.717, 1.165) is 15.8 Å². The van der Waals surface area contributed by atoms with E-state index in [2.05, 4.69) is 4.98 Å². The van der Waals surface area contributed by atoms with E-state index in [4.69, 9.17) is 4.74 Å². The molecule has 4 rings (SSSR count). The van der Waals surface area contributed by atoms with Gasteiger partial charge in [-0.15, -0.1) is 11.3 Å². The van der Waals surface area contributed by atoms with Gasteiger partial charge in [-0.05, 0) is 51.8 Å². The molecule has 3 aromatic rings. The number of ether oxygens (including phenoxy) is 1. The third-order valence-electron chi connectivity index (χ3n) is 6.36. The Morgan fingerprint density at radius 2 is 2.00 bits per heavy atom. The number of aromatic nitrogens is 1. The number of aryl methyl sites for hydroxylation is 1. The first-order chi connectivity index (χ1) is 16.3. The number of carbonyl (C=O) groups is 3. The number of carbonyl (C=O) groups excluding carboxylic acids is 3. The van der Waals surface area contributed by atoms with Gasteiger partial charge in [-0.2, -0.15) is 0 Å². The molecule has 0 bridgehead atoms. The van der Waals surface area contributed by atoms with Crippen molar-refractivity contribution >= 4 is 44.9 Å². The number of anilines is 1. The number of amides is 2. The van der Waals surface area contributed by atoms with E-state index in [1.54, 1.807) is 22.9 Å². The van der Waals surface area contributed by atoms with Gasteiger partial charge >= 0.3 is 5.97 Å². The summed E-state index contributed by atoms with van der Waals surface area (Å²) in [5.74, 6) is -0.581. The molecule has 0 radical (unpaired) electrons. The molecule has 0 saturated carbocycles. The number of hydrogen-bond donors (Lipinski definition) is 0. The summed E-state index contributed by atoms with van der Waals surface area (Å²) in [6, 6.07) is 11.5. The van der Waals surface area contributed by atoms with E-state index in [-0.39, 0.29) is 24.2 Å². The van der Waals surface area contributed by atoms with Crippen LogP contribution in [0.25, 0.3) is 10.1 Å². The van der Waals surface area contributed by atoms with Crippen LogP contribution in [0.2, 0.25) is 0 Å². The van der Waals surface area contributed by atoms with Crippen molar-refractivity contribution in [3.63, 3.8) is 0 Å². The van der Waals surface area contributed by atoms with Crippen molar-refractivity contribution in [2.45, 2.75) is 45.6 Å². The average molecular weight is 480 g/mol. The lowest BCUT2D eigenvalue weighted by atomic mass is 9.84. The van der Waals surface area contributed by atoms with Crippen molar-refractivity contribution in [3.05, 3.63) is 59.2 Å². The van der Waals surface area contributed by atoms with E-state index in [9.17, 15) is 14.4 Å². The number of nitrogens with zero attached hydrogens (tertiary/aromatic N) is 3. The quantitative estimate of drug-likeness (QED) is 0.442. The van der Waals surface area contributed by atoms with Gasteiger partial charge in [0.15, 0.2) is 0 Å². The predicted octanol–water partition coefficient (Wildman–Crippen LogP) is 4.59. The highest BCUT2D eigenvalue weighted by Crippen LogP contribution is 2.37. The second kappa shape index (κ2) is 9.93. The van der Waals surface area contributed by atoms with E-state index >= 15 is 0 Å². The zero-order valence-corrected chi connectivity index (χ0v) is 20.6. The summed E-state index contributed by atoms with van der Waals surface area (Å²) < 4.78 is 6.07. The summed E-state index contributed by atoms with van der Waals surface area (Å²) in [6.07, 6.45) is 2.92. The first-order valence-electron chi connectivity index (χ1n) is 11.5. The number of rotatable bonds is 8. The van der Waals surface area contributed by atoms with Crippen LogP contribution in [0.4, 0.5) is 5.69 Å². The number of thiophene rings is 1. The molecule has 34 heavy (non-hydrogen) atoms. The van der Waals surface area contributed by atoms with Crippen molar-refractivity contribution < 1.29 is 19.1 Å². The Morgan fingerprint density at radius 3 is 2.68 bits per heavy atom. The van der Waals surface area contributed by atoms with Crippen LogP contribution in [0.5, 0.6) is 0 Å². The summed E-state index contributed by atoms with van der Waals surface area (Å²) in [5, 5.41) is 2.78. The van der Waals surface area contributed by atoms with Crippen LogP contribution in [0.15, 0.2) is 48.0 Å². The second-order valence-corrected chi connectivity index (χ2v) is 9.56. The van der Waals surface area contributed by atoms with Gasteiger partial charge < -0.3 is 14.5 Å². The average Bonchev–Trinajstić information content (AvgIpc) is 3.25. The first-order valence-corrected chi connectivity index (χ1v) is 12.4. The van der Waals surface area contributed by atoms with Crippen LogP contribution in [0.3, 0.4) is 0 Å². The van der Waals surface area contributed by atoms with Gasteiger partial charge in [0.2, 0.25) is 0 Å². The van der Waals surface area contributed by atoms with E-state index in [1.165, 1.54) is 11.3 Å². The van der Waals surface area contributed by atoms with Crippen LogP contribution < -0.4 is 4.90 Å². The van der Waals surface area contributed by atoms with Crippen molar-refractivity contribution in [3.8, 4) is 0 Å². The summed E-state index contributed by atoms with van der Waals surface area (Å²) in [6.45, 7) is 6.66. The highest BCUT2D eigenvalue weighted by molar-refractivity contribution is 7.17. The van der Waals surface area contributed by atoms with Gasteiger partial charge in [-0.25, -0.2) is 0 Å². The molecule has 1 aromatic carbocycles. The molecule has 0 spiro atoms. The Balaban J connectivity index is 1.57. The maximum absolute atomic E-state index is 13.9. The van der Waals surface area contributed by atoms with Crippen molar-refractivity contribution in [2.24, 2.45) is 0 Å². The van der Waals surface area contributed by atoms with E-state index in [1.807, 2.05) is 55.6 Å². The van der Waals surface area contributed by atoms with Crippen LogP contribution in [0.1, 0.15) is 49.2 Å². The first kappa shape index (κ1) is 23.9. The lowest BCUT2D eigenvalue weighted by molar-refractivity contribution is -0.143. The molecule has 0 aliphatic carbocycles. The summed E-state index contributed by atoms with van der Waals surface area (Å²) in [7, 11) is 0. The normalized spacial score (nSPS) is 17.3. The maximum atomic E-state index is 13.9. The molecule has 1 atom stereocenters. The summed E-state index contributed by atoms with van der Waals surface area (Å²) in [4.78, 5) is 46.9. The minimum Gasteiger partial charge on any atom is -0.466 e. The molecule has 7 nitrogen and oxygen atoms in total. The Labute approximate surface area is 203 Å². The predicted molar refractivity (Wildman–Crippen MR) is 133 cm³/mol. The molecular weight excluding hydrogens is 450 g/mol. The molecular formula is C26H29N3O4S. The largest absolute Gasteiger partial charge is 0.466 e. The molecule has 2 amide bonds. The fraction of sp³-hybridized carbons (Fsp3) is 0.385. The standard InChI is InChI=1S/C26H29N3O4S/c1-4-33-23(30)10-7-14-28(19-12-11-18(2)27-16-19)25(32)26(3)13-15-29(26)24(31)21-17-34-22-9-6-5-8-20(21)22/h5-6,8-9,11-12,16-17H,4,7,10,13-15H2,1-3H3. The molecule has 1 unspecified atom stereocenters. The number of likely N-dealkylation sites (tertiary alicyclic amines) is 1. The lowest BCUT2D eigenvalue weighted by Gasteiger charge is -2.50. The van der Waals surface area contributed by atoms with Crippen molar-refractivity contribution in [2.75, 3.05) is 24.6 Å². The molecule has 1 aliphatic heterocycles. The fourth-order valence-corrected chi connectivity index (χ4v) is 5.20. The molecule has 3 heterocycles. The third-order valence-corrected chi connectivity index (χ3v) is 7.32. The van der Waals surface area contributed by atoms with Crippen LogP contribution in [-0.2, 0) is 14.3 Å². The smallest absolute Gasteiger partial charge is 0.305 e. The molecule has 1 fully saturated rings. The molecule has 2 aromatic heterocycles. The van der Waals surface area contributed by atoms with Gasteiger partial charge in [-0.3, -0.25) is 19.4 Å². The Kier molecular flexibility index (Phi) is 6.97. The third kappa shape index (κ3) is 4.55. The zero-order chi connectivity index (χ0) is 24.3. The minimum atomic E-state index is -0.963. The van der Waals surface area contributed by atoms with Gasteiger partial charge in [-0.1, -0.05) is 18.2 Å². The van der Waals surface area contributed by atoms with Gasteiger partial charge in [0, 0.05) is 40.7 Å². The maximum Gasteiger partial charge on any atom is 0.305 e.